The average Bonchev–Trinajstić information content (AvgIpc) is 2.43. The van der Waals surface area contributed by atoms with Gasteiger partial charge in [0.05, 0.1) is 5.56 Å². The van der Waals surface area contributed by atoms with Crippen molar-refractivity contribution in [3.63, 3.8) is 0 Å². The topological polar surface area (TPSA) is 92.4 Å². The molecule has 0 radical (unpaired) electrons. The zero-order valence-electron chi connectivity index (χ0n) is 11.8. The molecule has 5 nitrogen and oxygen atoms in total. The van der Waals surface area contributed by atoms with Crippen molar-refractivity contribution in [2.24, 2.45) is 0 Å². The van der Waals surface area contributed by atoms with Gasteiger partial charge in [-0.1, -0.05) is 12.1 Å². The van der Waals surface area contributed by atoms with Crippen molar-refractivity contribution in [3.05, 3.63) is 58.7 Å². The predicted octanol–water partition coefficient (Wildman–Crippen LogP) is 2.84. The van der Waals surface area contributed by atoms with E-state index in [4.69, 9.17) is 10.8 Å². The quantitative estimate of drug-likeness (QED) is 0.756. The van der Waals surface area contributed by atoms with E-state index in [2.05, 4.69) is 5.32 Å². The molecular weight excluding hydrogens is 268 g/mol. The summed E-state index contributed by atoms with van der Waals surface area (Å²) in [5.74, 6) is -1.35. The third-order valence-electron chi connectivity index (χ3n) is 3.35. The average molecular weight is 284 g/mol. The molecule has 0 aromatic heterocycles. The van der Waals surface area contributed by atoms with Gasteiger partial charge in [-0.05, 0) is 49.2 Å². The molecule has 2 rings (SSSR count). The van der Waals surface area contributed by atoms with E-state index in [0.717, 1.165) is 5.56 Å². The molecule has 0 aliphatic heterocycles. The predicted molar refractivity (Wildman–Crippen MR) is 81.7 cm³/mol. The Kier molecular flexibility index (Phi) is 3.93. The van der Waals surface area contributed by atoms with Gasteiger partial charge in [0.2, 0.25) is 0 Å². The van der Waals surface area contributed by atoms with Crippen LogP contribution in [0.1, 0.15) is 31.8 Å². The molecule has 0 atom stereocenters. The molecule has 0 fully saturated rings. The summed E-state index contributed by atoms with van der Waals surface area (Å²) in [7, 11) is 0. The standard InChI is InChI=1S/C16H16N2O3/c1-9-6-7-11(8-13(9)17)15(19)18-14-5-3-4-12(10(14)2)16(20)21/h3-8H,17H2,1-2H3,(H,18,19)(H,20,21). The van der Waals surface area contributed by atoms with Crippen LogP contribution in [0.25, 0.3) is 0 Å². The highest BCUT2D eigenvalue weighted by molar-refractivity contribution is 6.06. The fourth-order valence-corrected chi connectivity index (χ4v) is 1.98. The molecular formula is C16H16N2O3. The lowest BCUT2D eigenvalue weighted by Crippen LogP contribution is -2.14. The van der Waals surface area contributed by atoms with E-state index in [1.54, 1.807) is 37.3 Å². The van der Waals surface area contributed by atoms with Crippen LogP contribution in [0.2, 0.25) is 0 Å². The van der Waals surface area contributed by atoms with Crippen molar-refractivity contribution in [1.82, 2.24) is 0 Å². The highest BCUT2D eigenvalue weighted by Crippen LogP contribution is 2.20. The van der Waals surface area contributed by atoms with Crippen molar-refractivity contribution in [2.75, 3.05) is 11.1 Å². The molecule has 0 heterocycles. The van der Waals surface area contributed by atoms with Crippen molar-refractivity contribution >= 4 is 23.3 Å². The van der Waals surface area contributed by atoms with Gasteiger partial charge < -0.3 is 16.2 Å². The Morgan fingerprint density at radius 3 is 2.48 bits per heavy atom. The van der Waals surface area contributed by atoms with Crippen LogP contribution in [0, 0.1) is 13.8 Å². The van der Waals surface area contributed by atoms with Gasteiger partial charge in [0, 0.05) is 16.9 Å². The third kappa shape index (κ3) is 3.02. The highest BCUT2D eigenvalue weighted by atomic mass is 16.4. The van der Waals surface area contributed by atoms with E-state index >= 15 is 0 Å². The molecule has 0 saturated carbocycles. The van der Waals surface area contributed by atoms with Crippen LogP contribution in [-0.2, 0) is 0 Å². The molecule has 0 aliphatic rings. The van der Waals surface area contributed by atoms with Crippen LogP contribution in [0.3, 0.4) is 0 Å². The Hall–Kier alpha value is -2.82. The molecule has 1 amide bonds. The number of nitrogen functional groups attached to an aromatic ring is 1. The second-order valence-electron chi connectivity index (χ2n) is 4.81. The van der Waals surface area contributed by atoms with Gasteiger partial charge >= 0.3 is 5.97 Å². The molecule has 0 bridgehead atoms. The second-order valence-corrected chi connectivity index (χ2v) is 4.81. The van der Waals surface area contributed by atoms with Crippen molar-refractivity contribution in [2.45, 2.75) is 13.8 Å². The third-order valence-corrected chi connectivity index (χ3v) is 3.35. The van der Waals surface area contributed by atoms with E-state index in [-0.39, 0.29) is 11.5 Å². The Morgan fingerprint density at radius 2 is 1.86 bits per heavy atom. The second kappa shape index (κ2) is 5.66. The fourth-order valence-electron chi connectivity index (χ4n) is 1.98. The summed E-state index contributed by atoms with van der Waals surface area (Å²) in [5, 5.41) is 11.8. The zero-order valence-corrected chi connectivity index (χ0v) is 11.8. The number of hydrogen-bond acceptors (Lipinski definition) is 3. The van der Waals surface area contributed by atoms with E-state index < -0.39 is 5.97 Å². The molecule has 0 saturated heterocycles. The van der Waals surface area contributed by atoms with E-state index in [9.17, 15) is 9.59 Å². The van der Waals surface area contributed by atoms with E-state index in [1.807, 2.05) is 6.92 Å². The smallest absolute Gasteiger partial charge is 0.336 e. The number of rotatable bonds is 3. The first-order valence-corrected chi connectivity index (χ1v) is 6.40. The van der Waals surface area contributed by atoms with Crippen molar-refractivity contribution < 1.29 is 14.7 Å². The SMILES string of the molecule is Cc1ccc(C(=O)Nc2cccc(C(=O)O)c2C)cc1N. The molecule has 2 aromatic carbocycles. The molecule has 0 aliphatic carbocycles. The maximum absolute atomic E-state index is 12.2. The van der Waals surface area contributed by atoms with Crippen LogP contribution in [-0.4, -0.2) is 17.0 Å². The number of benzene rings is 2. The Bertz CT molecular complexity index is 723. The molecule has 2 aromatic rings. The van der Waals surface area contributed by atoms with E-state index in [1.165, 1.54) is 6.07 Å². The van der Waals surface area contributed by atoms with Gasteiger partial charge in [-0.25, -0.2) is 4.79 Å². The van der Waals surface area contributed by atoms with Gasteiger partial charge in [-0.3, -0.25) is 4.79 Å². The van der Waals surface area contributed by atoms with Gasteiger partial charge in [0.1, 0.15) is 0 Å². The first kappa shape index (κ1) is 14.6. The monoisotopic (exact) mass is 284 g/mol. The summed E-state index contributed by atoms with van der Waals surface area (Å²) in [5.41, 5.74) is 8.80. The minimum Gasteiger partial charge on any atom is -0.478 e. The minimum atomic E-state index is -1.02. The first-order valence-electron chi connectivity index (χ1n) is 6.40. The van der Waals surface area contributed by atoms with Crippen molar-refractivity contribution in [1.29, 1.82) is 0 Å². The summed E-state index contributed by atoms with van der Waals surface area (Å²) in [4.78, 5) is 23.3. The lowest BCUT2D eigenvalue weighted by Gasteiger charge is -2.11. The summed E-state index contributed by atoms with van der Waals surface area (Å²) >= 11 is 0. The van der Waals surface area contributed by atoms with Gasteiger partial charge in [-0.15, -0.1) is 0 Å². The number of hydrogen-bond donors (Lipinski definition) is 3. The number of amides is 1. The Morgan fingerprint density at radius 1 is 1.14 bits per heavy atom. The fraction of sp³-hybridized carbons (Fsp3) is 0.125. The van der Waals surface area contributed by atoms with E-state index in [0.29, 0.717) is 22.5 Å². The number of carboxylic acids is 1. The Labute approximate surface area is 122 Å². The van der Waals surface area contributed by atoms with Gasteiger partial charge in [0.15, 0.2) is 0 Å². The largest absolute Gasteiger partial charge is 0.478 e. The van der Waals surface area contributed by atoms with Crippen LogP contribution < -0.4 is 11.1 Å². The number of aryl methyl sites for hydroxylation is 1. The lowest BCUT2D eigenvalue weighted by atomic mass is 10.1. The van der Waals surface area contributed by atoms with Crippen LogP contribution >= 0.6 is 0 Å². The summed E-state index contributed by atoms with van der Waals surface area (Å²) < 4.78 is 0. The van der Waals surface area contributed by atoms with Crippen LogP contribution in [0.15, 0.2) is 36.4 Å². The molecule has 0 spiro atoms. The molecule has 21 heavy (non-hydrogen) atoms. The minimum absolute atomic E-state index is 0.163. The normalized spacial score (nSPS) is 10.2. The maximum atomic E-state index is 12.2. The number of anilines is 2. The molecule has 108 valence electrons. The van der Waals surface area contributed by atoms with Gasteiger partial charge in [-0.2, -0.15) is 0 Å². The molecule has 0 unspecified atom stereocenters. The van der Waals surface area contributed by atoms with Gasteiger partial charge in [0.25, 0.3) is 5.91 Å². The number of carbonyl (C=O) groups is 2. The summed E-state index contributed by atoms with van der Waals surface area (Å²) in [6, 6.07) is 9.80. The highest BCUT2D eigenvalue weighted by Gasteiger charge is 2.13. The number of nitrogens with one attached hydrogen (secondary N) is 1. The summed E-state index contributed by atoms with van der Waals surface area (Å²) in [6.07, 6.45) is 0. The maximum Gasteiger partial charge on any atom is 0.336 e. The van der Waals surface area contributed by atoms with Crippen molar-refractivity contribution in [3.8, 4) is 0 Å². The zero-order chi connectivity index (χ0) is 15.6. The van der Waals surface area contributed by atoms with Crippen LogP contribution in [0.4, 0.5) is 11.4 Å². The number of nitrogens with two attached hydrogens (primary N) is 1. The lowest BCUT2D eigenvalue weighted by molar-refractivity contribution is 0.0695. The number of aromatic carboxylic acids is 1. The Balaban J connectivity index is 2.29. The number of carboxylic acid groups (broad SMARTS) is 1. The first-order chi connectivity index (χ1) is 9.90. The molecule has 4 N–H and O–H groups in total. The summed E-state index contributed by atoms with van der Waals surface area (Å²) in [6.45, 7) is 3.51. The number of carbonyl (C=O) groups excluding carboxylic acids is 1. The van der Waals surface area contributed by atoms with Crippen LogP contribution in [0.5, 0.6) is 0 Å². The molecule has 5 heteroatoms.